The molecule has 0 spiro atoms. The highest BCUT2D eigenvalue weighted by Crippen LogP contribution is 2.24. The minimum absolute atomic E-state index is 0.159. The lowest BCUT2D eigenvalue weighted by atomic mass is 10.1. The van der Waals surface area contributed by atoms with Crippen LogP contribution in [0.2, 0.25) is 0 Å². The molecule has 2 aromatic carbocycles. The summed E-state index contributed by atoms with van der Waals surface area (Å²) < 4.78 is 27.1. The number of carbonyl (C=O) groups excluding carboxylic acids is 1. The number of hydrogen-bond acceptors (Lipinski definition) is 4. The van der Waals surface area contributed by atoms with E-state index in [2.05, 4.69) is 10.3 Å². The summed E-state index contributed by atoms with van der Waals surface area (Å²) in [7, 11) is -3.62. The first-order valence-electron chi connectivity index (χ1n) is 10.2. The van der Waals surface area contributed by atoms with Crippen molar-refractivity contribution in [2.75, 3.05) is 18.4 Å². The summed E-state index contributed by atoms with van der Waals surface area (Å²) in [6.45, 7) is 7.97. The van der Waals surface area contributed by atoms with Crippen molar-refractivity contribution in [3.63, 3.8) is 0 Å². The van der Waals surface area contributed by atoms with Crippen LogP contribution < -0.4 is 5.32 Å². The molecule has 0 saturated carbocycles. The van der Waals surface area contributed by atoms with E-state index in [1.807, 2.05) is 43.3 Å². The van der Waals surface area contributed by atoms with Crippen LogP contribution in [-0.2, 0) is 10.0 Å². The van der Waals surface area contributed by atoms with E-state index in [1.54, 1.807) is 39.0 Å². The number of aryl methyl sites for hydroxylation is 2. The number of carbonyl (C=O) groups is 1. The quantitative estimate of drug-likeness (QED) is 0.584. The number of sulfonamides is 1. The molecule has 3 aromatic rings. The molecule has 0 radical (unpaired) electrons. The summed E-state index contributed by atoms with van der Waals surface area (Å²) in [5.41, 5.74) is 4.04. The van der Waals surface area contributed by atoms with Crippen molar-refractivity contribution < 1.29 is 13.2 Å². The van der Waals surface area contributed by atoms with Gasteiger partial charge in [0.1, 0.15) is 0 Å². The average molecular weight is 438 g/mol. The zero-order chi connectivity index (χ0) is 22.6. The van der Waals surface area contributed by atoms with Crippen molar-refractivity contribution in [3.8, 4) is 11.3 Å². The molecule has 0 aliphatic carbocycles. The Balaban J connectivity index is 1.88. The van der Waals surface area contributed by atoms with Crippen LogP contribution in [0.15, 0.2) is 65.6 Å². The van der Waals surface area contributed by atoms with Crippen LogP contribution in [0.4, 0.5) is 5.69 Å². The Morgan fingerprint density at radius 3 is 2.26 bits per heavy atom. The van der Waals surface area contributed by atoms with Gasteiger partial charge in [-0.1, -0.05) is 50.2 Å². The van der Waals surface area contributed by atoms with E-state index in [9.17, 15) is 13.2 Å². The molecule has 0 bridgehead atoms. The fourth-order valence-electron chi connectivity index (χ4n) is 3.37. The van der Waals surface area contributed by atoms with E-state index in [0.717, 1.165) is 16.8 Å². The SMILES string of the molecule is CCN(CC)S(=O)(=O)c1ccc(C)c(NC(=O)c2ccc(-c3ccccc3)nc2C)c1. The molecule has 0 unspecified atom stereocenters. The zero-order valence-corrected chi connectivity index (χ0v) is 19.0. The van der Waals surface area contributed by atoms with Crippen molar-refractivity contribution in [2.45, 2.75) is 32.6 Å². The highest BCUT2D eigenvalue weighted by molar-refractivity contribution is 7.89. The van der Waals surface area contributed by atoms with Crippen LogP contribution >= 0.6 is 0 Å². The second kappa shape index (κ2) is 9.41. The molecule has 1 N–H and O–H groups in total. The lowest BCUT2D eigenvalue weighted by molar-refractivity contribution is 0.102. The molecule has 0 aliphatic heterocycles. The van der Waals surface area contributed by atoms with Crippen LogP contribution in [-0.4, -0.2) is 36.7 Å². The molecule has 162 valence electrons. The molecule has 31 heavy (non-hydrogen) atoms. The van der Waals surface area contributed by atoms with Gasteiger partial charge in [-0.3, -0.25) is 9.78 Å². The Hall–Kier alpha value is -3.03. The van der Waals surface area contributed by atoms with Gasteiger partial charge in [-0.05, 0) is 43.7 Å². The Kier molecular flexibility index (Phi) is 6.87. The summed E-state index contributed by atoms with van der Waals surface area (Å²) in [6.07, 6.45) is 0. The van der Waals surface area contributed by atoms with Crippen LogP contribution in [0.1, 0.15) is 35.5 Å². The van der Waals surface area contributed by atoms with Crippen molar-refractivity contribution in [2.24, 2.45) is 0 Å². The number of benzene rings is 2. The topological polar surface area (TPSA) is 79.4 Å². The minimum atomic E-state index is -3.62. The first-order valence-corrected chi connectivity index (χ1v) is 11.7. The van der Waals surface area contributed by atoms with Gasteiger partial charge in [0.15, 0.2) is 0 Å². The van der Waals surface area contributed by atoms with E-state index in [4.69, 9.17) is 0 Å². The number of rotatable bonds is 7. The van der Waals surface area contributed by atoms with Crippen molar-refractivity contribution in [1.29, 1.82) is 0 Å². The van der Waals surface area contributed by atoms with Crippen molar-refractivity contribution in [1.82, 2.24) is 9.29 Å². The van der Waals surface area contributed by atoms with E-state index < -0.39 is 10.0 Å². The molecule has 3 rings (SSSR count). The van der Waals surface area contributed by atoms with Gasteiger partial charge in [0.2, 0.25) is 10.0 Å². The average Bonchev–Trinajstić information content (AvgIpc) is 2.76. The maximum Gasteiger partial charge on any atom is 0.257 e. The third-order valence-electron chi connectivity index (χ3n) is 5.20. The maximum atomic E-state index is 12.9. The number of pyridine rings is 1. The smallest absolute Gasteiger partial charge is 0.257 e. The number of hydrogen-bond donors (Lipinski definition) is 1. The van der Waals surface area contributed by atoms with Gasteiger partial charge < -0.3 is 5.32 Å². The first kappa shape index (κ1) is 22.7. The summed E-state index contributed by atoms with van der Waals surface area (Å²) >= 11 is 0. The molecular formula is C24H27N3O3S. The molecule has 1 aromatic heterocycles. The first-order chi connectivity index (χ1) is 14.8. The third kappa shape index (κ3) is 4.84. The molecule has 0 saturated heterocycles. The van der Waals surface area contributed by atoms with Crippen molar-refractivity contribution >= 4 is 21.6 Å². The van der Waals surface area contributed by atoms with Gasteiger partial charge in [0.05, 0.1) is 21.8 Å². The summed E-state index contributed by atoms with van der Waals surface area (Å²) in [4.78, 5) is 17.7. The molecule has 6 nitrogen and oxygen atoms in total. The van der Waals surface area contributed by atoms with Crippen LogP contribution in [0.25, 0.3) is 11.3 Å². The number of anilines is 1. The van der Waals surface area contributed by atoms with E-state index in [1.165, 1.54) is 10.4 Å². The monoisotopic (exact) mass is 437 g/mol. The second-order valence-corrected chi connectivity index (χ2v) is 9.15. The van der Waals surface area contributed by atoms with Gasteiger partial charge in [-0.25, -0.2) is 8.42 Å². The largest absolute Gasteiger partial charge is 0.322 e. The third-order valence-corrected chi connectivity index (χ3v) is 7.25. The second-order valence-electron chi connectivity index (χ2n) is 7.22. The standard InChI is InChI=1S/C24H27N3O3S/c1-5-27(6-2)31(29,30)20-13-12-17(3)23(16-20)26-24(28)21-14-15-22(25-18(21)4)19-10-8-7-9-11-19/h7-16H,5-6H2,1-4H3,(H,26,28). The Bertz CT molecular complexity index is 1190. The number of nitrogens with one attached hydrogen (secondary N) is 1. The predicted molar refractivity (Wildman–Crippen MR) is 124 cm³/mol. The van der Waals surface area contributed by atoms with Crippen LogP contribution in [0.5, 0.6) is 0 Å². The fraction of sp³-hybridized carbons (Fsp3) is 0.250. The Morgan fingerprint density at radius 1 is 0.968 bits per heavy atom. The van der Waals surface area contributed by atoms with Crippen LogP contribution in [0.3, 0.4) is 0 Å². The van der Waals surface area contributed by atoms with E-state index in [-0.39, 0.29) is 10.8 Å². The lowest BCUT2D eigenvalue weighted by Gasteiger charge is -2.19. The Morgan fingerprint density at radius 2 is 1.65 bits per heavy atom. The molecule has 0 atom stereocenters. The highest BCUT2D eigenvalue weighted by atomic mass is 32.2. The molecular weight excluding hydrogens is 410 g/mol. The summed E-state index contributed by atoms with van der Waals surface area (Å²) in [5.74, 6) is -0.329. The number of nitrogens with zero attached hydrogens (tertiary/aromatic N) is 2. The molecule has 1 heterocycles. The molecule has 0 aliphatic rings. The van der Waals surface area contributed by atoms with E-state index in [0.29, 0.717) is 30.0 Å². The maximum absolute atomic E-state index is 12.9. The Labute approximate surface area is 184 Å². The lowest BCUT2D eigenvalue weighted by Crippen LogP contribution is -2.30. The highest BCUT2D eigenvalue weighted by Gasteiger charge is 2.23. The van der Waals surface area contributed by atoms with Gasteiger partial charge >= 0.3 is 0 Å². The molecule has 7 heteroatoms. The zero-order valence-electron chi connectivity index (χ0n) is 18.2. The van der Waals surface area contributed by atoms with Gasteiger partial charge in [-0.15, -0.1) is 0 Å². The van der Waals surface area contributed by atoms with Gasteiger partial charge in [-0.2, -0.15) is 4.31 Å². The number of amides is 1. The van der Waals surface area contributed by atoms with Gasteiger partial charge in [0.25, 0.3) is 5.91 Å². The summed E-state index contributed by atoms with van der Waals surface area (Å²) in [5, 5.41) is 2.85. The number of aromatic nitrogens is 1. The van der Waals surface area contributed by atoms with Gasteiger partial charge in [0, 0.05) is 24.3 Å². The fourth-order valence-corrected chi connectivity index (χ4v) is 4.85. The summed E-state index contributed by atoms with van der Waals surface area (Å²) in [6, 6.07) is 18.1. The van der Waals surface area contributed by atoms with Crippen molar-refractivity contribution in [3.05, 3.63) is 77.5 Å². The minimum Gasteiger partial charge on any atom is -0.322 e. The normalized spacial score (nSPS) is 11.5. The predicted octanol–water partition coefficient (Wildman–Crippen LogP) is 4.65. The molecule has 0 fully saturated rings. The van der Waals surface area contributed by atoms with Crippen LogP contribution in [0, 0.1) is 13.8 Å². The van der Waals surface area contributed by atoms with E-state index >= 15 is 0 Å². The molecule has 1 amide bonds.